The number of benzene rings is 3. The van der Waals surface area contributed by atoms with Crippen molar-refractivity contribution >= 4 is 74.7 Å². The maximum Gasteiger partial charge on any atom is 0.293 e. The quantitative estimate of drug-likeness (QED) is 0.248. The summed E-state index contributed by atoms with van der Waals surface area (Å²) in [4.78, 5) is 27.3. The Balaban J connectivity index is 1.45. The molecule has 2 heterocycles. The van der Waals surface area contributed by atoms with E-state index in [0.717, 1.165) is 33.8 Å². The molecule has 1 saturated heterocycles. The van der Waals surface area contributed by atoms with Gasteiger partial charge in [-0.3, -0.25) is 14.5 Å². The Morgan fingerprint density at radius 2 is 1.59 bits per heavy atom. The Labute approximate surface area is 215 Å². The van der Waals surface area contributed by atoms with Gasteiger partial charge in [-0.15, -0.1) is 0 Å². The van der Waals surface area contributed by atoms with Gasteiger partial charge in [0.25, 0.3) is 11.1 Å². The molecule has 1 aliphatic rings. The molecule has 1 fully saturated rings. The van der Waals surface area contributed by atoms with Gasteiger partial charge in [0.2, 0.25) is 0 Å². The molecule has 3 aromatic carbocycles. The Hall–Kier alpha value is -2.70. The second kappa shape index (κ2) is 9.51. The zero-order valence-corrected chi connectivity index (χ0v) is 20.8. The second-order valence-electron chi connectivity index (χ2n) is 7.86. The molecule has 0 bridgehead atoms. The van der Waals surface area contributed by atoms with Crippen LogP contribution >= 0.6 is 46.6 Å². The number of amides is 2. The van der Waals surface area contributed by atoms with Gasteiger partial charge in [-0.05, 0) is 59.3 Å². The van der Waals surface area contributed by atoms with Crippen molar-refractivity contribution in [1.82, 2.24) is 9.47 Å². The molecule has 1 aliphatic heterocycles. The van der Waals surface area contributed by atoms with Crippen molar-refractivity contribution in [2.75, 3.05) is 0 Å². The van der Waals surface area contributed by atoms with Crippen molar-refractivity contribution in [3.05, 3.63) is 110 Å². The van der Waals surface area contributed by atoms with Gasteiger partial charge in [0, 0.05) is 44.3 Å². The highest BCUT2D eigenvalue weighted by atomic mass is 35.5. The van der Waals surface area contributed by atoms with Crippen molar-refractivity contribution in [1.29, 1.82) is 0 Å². The summed E-state index contributed by atoms with van der Waals surface area (Å²) >= 11 is 19.2. The molecule has 34 heavy (non-hydrogen) atoms. The standard InChI is InChI=1S/C26H17Cl3N2O2S/c27-19-8-5-16(6-9-19)13-30-14-18(21-3-1-2-4-23(21)30)11-24-25(32)31(26(33)34-24)15-17-7-10-20(28)12-22(17)29/h1-12,14H,13,15H2/b24-11-. The normalized spacial score (nSPS) is 15.1. The van der Waals surface area contributed by atoms with E-state index in [1.807, 2.05) is 54.7 Å². The minimum atomic E-state index is -0.337. The molecule has 0 radical (unpaired) electrons. The van der Waals surface area contributed by atoms with Gasteiger partial charge in [0.15, 0.2) is 0 Å². The van der Waals surface area contributed by atoms with E-state index >= 15 is 0 Å². The fraction of sp³-hybridized carbons (Fsp3) is 0.0769. The minimum absolute atomic E-state index is 0.0936. The number of carbonyl (C=O) groups is 2. The summed E-state index contributed by atoms with van der Waals surface area (Å²) in [6.45, 7) is 0.748. The van der Waals surface area contributed by atoms with Crippen LogP contribution in [0.5, 0.6) is 0 Å². The maximum atomic E-state index is 13.1. The van der Waals surface area contributed by atoms with Crippen molar-refractivity contribution in [2.45, 2.75) is 13.1 Å². The first kappa shape index (κ1) is 23.1. The number of aromatic nitrogens is 1. The molecule has 0 aliphatic carbocycles. The lowest BCUT2D eigenvalue weighted by molar-refractivity contribution is -0.123. The van der Waals surface area contributed by atoms with Crippen molar-refractivity contribution in [2.24, 2.45) is 0 Å². The lowest BCUT2D eigenvalue weighted by Crippen LogP contribution is -2.27. The molecular weight excluding hydrogens is 511 g/mol. The van der Waals surface area contributed by atoms with E-state index < -0.39 is 0 Å². The summed E-state index contributed by atoms with van der Waals surface area (Å²) in [6.07, 6.45) is 3.79. The van der Waals surface area contributed by atoms with Crippen LogP contribution in [-0.2, 0) is 17.9 Å². The maximum absolute atomic E-state index is 13.1. The second-order valence-corrected chi connectivity index (χ2v) is 10.1. The Bertz CT molecular complexity index is 1460. The van der Waals surface area contributed by atoms with Gasteiger partial charge in [-0.25, -0.2) is 0 Å². The summed E-state index contributed by atoms with van der Waals surface area (Å²) in [5.41, 5.74) is 3.68. The van der Waals surface area contributed by atoms with Gasteiger partial charge in [0.1, 0.15) is 0 Å². The van der Waals surface area contributed by atoms with Crippen LogP contribution in [0, 0.1) is 0 Å². The number of imide groups is 1. The monoisotopic (exact) mass is 526 g/mol. The molecule has 0 saturated carbocycles. The van der Waals surface area contributed by atoms with Crippen molar-refractivity contribution in [3.8, 4) is 0 Å². The number of hydrogen-bond acceptors (Lipinski definition) is 3. The molecule has 2 amide bonds. The first-order valence-electron chi connectivity index (χ1n) is 10.4. The predicted octanol–water partition coefficient (Wildman–Crippen LogP) is 7.89. The zero-order valence-electron chi connectivity index (χ0n) is 17.7. The number of thioether (sulfide) groups is 1. The molecule has 5 rings (SSSR count). The van der Waals surface area contributed by atoms with Gasteiger partial charge >= 0.3 is 0 Å². The third-order valence-electron chi connectivity index (χ3n) is 5.59. The third kappa shape index (κ3) is 4.62. The van der Waals surface area contributed by atoms with Gasteiger partial charge < -0.3 is 4.57 Å². The SMILES string of the molecule is O=C1S/C(=C\c2cn(Cc3ccc(Cl)cc3)c3ccccc23)C(=O)N1Cc1ccc(Cl)cc1Cl. The highest BCUT2D eigenvalue weighted by molar-refractivity contribution is 8.18. The van der Waals surface area contributed by atoms with E-state index in [0.29, 0.717) is 32.1 Å². The predicted molar refractivity (Wildman–Crippen MR) is 140 cm³/mol. The van der Waals surface area contributed by atoms with Crippen LogP contribution < -0.4 is 0 Å². The fourth-order valence-corrected chi connectivity index (χ4v) is 5.33. The van der Waals surface area contributed by atoms with Crippen LogP contribution in [0.3, 0.4) is 0 Å². The lowest BCUT2D eigenvalue weighted by Gasteiger charge is -2.13. The van der Waals surface area contributed by atoms with Crippen molar-refractivity contribution < 1.29 is 9.59 Å². The van der Waals surface area contributed by atoms with E-state index in [4.69, 9.17) is 34.8 Å². The Morgan fingerprint density at radius 1 is 0.853 bits per heavy atom. The van der Waals surface area contributed by atoms with Crippen LogP contribution in [0.1, 0.15) is 16.7 Å². The number of fused-ring (bicyclic) bond motifs is 1. The van der Waals surface area contributed by atoms with Crippen LogP contribution in [0.25, 0.3) is 17.0 Å². The highest BCUT2D eigenvalue weighted by Gasteiger charge is 2.35. The van der Waals surface area contributed by atoms with E-state index in [1.165, 1.54) is 4.90 Å². The molecule has 8 heteroatoms. The summed E-state index contributed by atoms with van der Waals surface area (Å²) < 4.78 is 2.13. The number of carbonyl (C=O) groups excluding carboxylic acids is 2. The number of para-hydroxylation sites is 1. The molecular formula is C26H17Cl3N2O2S. The van der Waals surface area contributed by atoms with Crippen LogP contribution in [-0.4, -0.2) is 20.6 Å². The smallest absolute Gasteiger partial charge is 0.293 e. The number of hydrogen-bond donors (Lipinski definition) is 0. The van der Waals surface area contributed by atoms with Gasteiger partial charge in [-0.1, -0.05) is 71.2 Å². The average molecular weight is 528 g/mol. The molecule has 0 atom stereocenters. The van der Waals surface area contributed by atoms with E-state index in [9.17, 15) is 9.59 Å². The van der Waals surface area contributed by atoms with E-state index in [2.05, 4.69) is 4.57 Å². The molecule has 170 valence electrons. The minimum Gasteiger partial charge on any atom is -0.342 e. The summed E-state index contributed by atoms with van der Waals surface area (Å²) in [6, 6.07) is 20.7. The first-order valence-corrected chi connectivity index (χ1v) is 12.4. The lowest BCUT2D eigenvalue weighted by atomic mass is 10.1. The summed E-state index contributed by atoms with van der Waals surface area (Å²) in [5.74, 6) is -0.337. The van der Waals surface area contributed by atoms with E-state index in [1.54, 1.807) is 24.3 Å². The van der Waals surface area contributed by atoms with Crippen LogP contribution in [0.2, 0.25) is 15.1 Å². The molecule has 4 aromatic rings. The molecule has 1 aromatic heterocycles. The fourth-order valence-electron chi connectivity index (χ4n) is 3.91. The first-order chi connectivity index (χ1) is 16.4. The third-order valence-corrected chi connectivity index (χ3v) is 7.34. The molecule has 4 nitrogen and oxygen atoms in total. The number of halogens is 3. The largest absolute Gasteiger partial charge is 0.342 e. The van der Waals surface area contributed by atoms with Crippen LogP contribution in [0.15, 0.2) is 77.8 Å². The average Bonchev–Trinajstić information content (AvgIpc) is 3.29. The number of rotatable bonds is 5. The zero-order chi connectivity index (χ0) is 23.8. The van der Waals surface area contributed by atoms with Crippen molar-refractivity contribution in [3.63, 3.8) is 0 Å². The molecule has 0 spiro atoms. The highest BCUT2D eigenvalue weighted by Crippen LogP contribution is 2.36. The van der Waals surface area contributed by atoms with Gasteiger partial charge in [0.05, 0.1) is 11.4 Å². The topological polar surface area (TPSA) is 42.3 Å². The van der Waals surface area contributed by atoms with Gasteiger partial charge in [-0.2, -0.15) is 0 Å². The Morgan fingerprint density at radius 3 is 2.35 bits per heavy atom. The Kier molecular flexibility index (Phi) is 6.45. The number of nitrogens with zero attached hydrogens (tertiary/aromatic N) is 2. The molecule has 0 N–H and O–H groups in total. The van der Waals surface area contributed by atoms with E-state index in [-0.39, 0.29) is 17.7 Å². The van der Waals surface area contributed by atoms with Crippen LogP contribution in [0.4, 0.5) is 4.79 Å². The molecule has 0 unspecified atom stereocenters. The summed E-state index contributed by atoms with van der Waals surface area (Å²) in [7, 11) is 0. The summed E-state index contributed by atoms with van der Waals surface area (Å²) in [5, 5.41) is 2.28.